The molecule has 1 saturated carbocycles. The maximum atomic E-state index is 12.4. The van der Waals surface area contributed by atoms with E-state index >= 15 is 0 Å². The van der Waals surface area contributed by atoms with Crippen molar-refractivity contribution in [3.05, 3.63) is 51.9 Å². The van der Waals surface area contributed by atoms with Gasteiger partial charge in [-0.1, -0.05) is 28.9 Å². The van der Waals surface area contributed by atoms with Crippen molar-refractivity contribution in [1.82, 2.24) is 15.4 Å². The van der Waals surface area contributed by atoms with Crippen molar-refractivity contribution in [3.63, 3.8) is 0 Å². The van der Waals surface area contributed by atoms with Crippen LogP contribution in [0.15, 0.2) is 28.8 Å². The van der Waals surface area contributed by atoms with Crippen molar-refractivity contribution in [3.8, 4) is 0 Å². The lowest BCUT2D eigenvalue weighted by Gasteiger charge is -2.21. The Kier molecular flexibility index (Phi) is 4.54. The minimum absolute atomic E-state index is 0.0596. The van der Waals surface area contributed by atoms with E-state index in [9.17, 15) is 4.79 Å². The van der Waals surface area contributed by atoms with Gasteiger partial charge in [-0.05, 0) is 44.4 Å². The van der Waals surface area contributed by atoms with E-state index in [4.69, 9.17) is 16.1 Å². The van der Waals surface area contributed by atoms with Crippen molar-refractivity contribution in [2.45, 2.75) is 38.6 Å². The zero-order valence-corrected chi connectivity index (χ0v) is 15.0. The summed E-state index contributed by atoms with van der Waals surface area (Å²) in [6.07, 6.45) is 2.17. The van der Waals surface area contributed by atoms with Gasteiger partial charge in [-0.3, -0.25) is 0 Å². The highest BCUT2D eigenvalue weighted by atomic mass is 35.5. The molecule has 2 amide bonds. The first-order valence-corrected chi connectivity index (χ1v) is 8.46. The zero-order valence-electron chi connectivity index (χ0n) is 14.2. The summed E-state index contributed by atoms with van der Waals surface area (Å²) < 4.78 is 5.15. The number of hydrogen-bond acceptors (Lipinski definition) is 3. The maximum Gasteiger partial charge on any atom is 0.317 e. The summed E-state index contributed by atoms with van der Waals surface area (Å²) in [7, 11) is 1.78. The van der Waals surface area contributed by atoms with Gasteiger partial charge in [0.2, 0.25) is 0 Å². The summed E-state index contributed by atoms with van der Waals surface area (Å²) in [6.45, 7) is 4.87. The number of halogens is 1. The third-order valence-corrected chi connectivity index (χ3v) is 5.06. The summed E-state index contributed by atoms with van der Waals surface area (Å²) >= 11 is 5.96. The first kappa shape index (κ1) is 16.8. The third-order valence-electron chi connectivity index (χ3n) is 4.81. The Morgan fingerprint density at radius 1 is 1.33 bits per heavy atom. The number of aryl methyl sites for hydroxylation is 2. The highest BCUT2D eigenvalue weighted by Gasteiger charge is 2.44. The van der Waals surface area contributed by atoms with E-state index in [1.807, 2.05) is 26.0 Å². The summed E-state index contributed by atoms with van der Waals surface area (Å²) in [4.78, 5) is 14.1. The monoisotopic (exact) mass is 347 g/mol. The fraction of sp³-hybridized carbons (Fsp3) is 0.444. The van der Waals surface area contributed by atoms with Crippen LogP contribution in [0.5, 0.6) is 0 Å². The van der Waals surface area contributed by atoms with Crippen LogP contribution in [0.25, 0.3) is 0 Å². The number of nitrogens with zero attached hydrogens (tertiary/aromatic N) is 2. The van der Waals surface area contributed by atoms with Gasteiger partial charge in [-0.15, -0.1) is 0 Å². The molecule has 128 valence electrons. The second kappa shape index (κ2) is 6.48. The number of amides is 2. The average Bonchev–Trinajstić information content (AvgIpc) is 3.30. The highest BCUT2D eigenvalue weighted by Crippen LogP contribution is 2.47. The summed E-state index contributed by atoms with van der Waals surface area (Å²) in [5, 5.41) is 7.71. The van der Waals surface area contributed by atoms with Crippen molar-refractivity contribution in [2.24, 2.45) is 0 Å². The van der Waals surface area contributed by atoms with Crippen molar-refractivity contribution >= 4 is 17.6 Å². The molecule has 0 radical (unpaired) electrons. The first-order valence-electron chi connectivity index (χ1n) is 8.08. The number of carbonyl (C=O) groups is 1. The third kappa shape index (κ3) is 3.41. The molecule has 1 fully saturated rings. The smallest absolute Gasteiger partial charge is 0.317 e. The molecule has 0 bridgehead atoms. The van der Waals surface area contributed by atoms with Crippen molar-refractivity contribution in [1.29, 1.82) is 0 Å². The highest BCUT2D eigenvalue weighted by molar-refractivity contribution is 6.30. The molecule has 3 rings (SSSR count). The number of hydrogen-bond donors (Lipinski definition) is 1. The van der Waals surface area contributed by atoms with Gasteiger partial charge < -0.3 is 14.7 Å². The van der Waals surface area contributed by atoms with Crippen LogP contribution in [0.1, 0.15) is 35.4 Å². The van der Waals surface area contributed by atoms with Crippen LogP contribution in [0.2, 0.25) is 5.02 Å². The summed E-state index contributed by atoms with van der Waals surface area (Å²) in [6, 6.07) is 7.82. The fourth-order valence-corrected chi connectivity index (χ4v) is 3.06. The standard InChI is InChI=1S/C18H22ClN3O2/c1-12-16(13(2)24-21-12)10-22(3)17(23)20-11-18(8-9-18)14-4-6-15(19)7-5-14/h4-7H,8-11H2,1-3H3,(H,20,23). The van der Waals surface area contributed by atoms with E-state index in [0.717, 1.165) is 34.9 Å². The Morgan fingerprint density at radius 2 is 2.00 bits per heavy atom. The molecule has 0 saturated heterocycles. The van der Waals surface area contributed by atoms with Gasteiger partial charge in [0.05, 0.1) is 12.2 Å². The minimum atomic E-state index is -0.0877. The van der Waals surface area contributed by atoms with E-state index in [0.29, 0.717) is 13.1 Å². The molecule has 0 aliphatic heterocycles. The molecule has 1 aliphatic rings. The number of benzene rings is 1. The van der Waals surface area contributed by atoms with Gasteiger partial charge in [0.1, 0.15) is 5.76 Å². The Bertz CT molecular complexity index is 716. The van der Waals surface area contributed by atoms with Crippen molar-refractivity contribution < 1.29 is 9.32 Å². The number of urea groups is 1. The van der Waals surface area contributed by atoms with Crippen LogP contribution < -0.4 is 5.32 Å². The Morgan fingerprint density at radius 3 is 2.54 bits per heavy atom. The molecule has 1 aliphatic carbocycles. The molecule has 1 aromatic carbocycles. The number of nitrogens with one attached hydrogen (secondary N) is 1. The molecule has 24 heavy (non-hydrogen) atoms. The van der Waals surface area contributed by atoms with Gasteiger partial charge in [-0.2, -0.15) is 0 Å². The lowest BCUT2D eigenvalue weighted by Crippen LogP contribution is -2.40. The Balaban J connectivity index is 1.58. The molecule has 0 spiro atoms. The first-order chi connectivity index (χ1) is 11.4. The average molecular weight is 348 g/mol. The normalized spacial score (nSPS) is 15.2. The van der Waals surface area contributed by atoms with Gasteiger partial charge in [-0.25, -0.2) is 4.79 Å². The second-order valence-corrected chi connectivity index (χ2v) is 7.04. The summed E-state index contributed by atoms with van der Waals surface area (Å²) in [5.74, 6) is 0.756. The Labute approximate surface area is 147 Å². The van der Waals surface area contributed by atoms with E-state index in [1.165, 1.54) is 5.56 Å². The molecule has 0 atom stereocenters. The fourth-order valence-electron chi connectivity index (χ4n) is 2.94. The van der Waals surface area contributed by atoms with Crippen LogP contribution in [0.4, 0.5) is 4.79 Å². The predicted molar refractivity (Wildman–Crippen MR) is 93.2 cm³/mol. The van der Waals surface area contributed by atoms with E-state index in [1.54, 1.807) is 11.9 Å². The molecule has 1 aromatic heterocycles. The molecular weight excluding hydrogens is 326 g/mol. The van der Waals surface area contributed by atoms with Crippen LogP contribution >= 0.6 is 11.6 Å². The molecule has 1 heterocycles. The SMILES string of the molecule is Cc1noc(C)c1CN(C)C(=O)NCC1(c2ccc(Cl)cc2)CC1. The molecule has 1 N–H and O–H groups in total. The summed E-state index contributed by atoms with van der Waals surface area (Å²) in [5.41, 5.74) is 3.09. The van der Waals surface area contributed by atoms with E-state index in [-0.39, 0.29) is 11.4 Å². The van der Waals surface area contributed by atoms with Gasteiger partial charge >= 0.3 is 6.03 Å². The molecule has 6 heteroatoms. The second-order valence-electron chi connectivity index (χ2n) is 6.60. The minimum Gasteiger partial charge on any atom is -0.361 e. The van der Waals surface area contributed by atoms with Crippen molar-refractivity contribution in [2.75, 3.05) is 13.6 Å². The van der Waals surface area contributed by atoms with Gasteiger partial charge in [0.15, 0.2) is 0 Å². The Hall–Kier alpha value is -2.01. The quantitative estimate of drug-likeness (QED) is 0.894. The van der Waals surface area contributed by atoms with E-state index < -0.39 is 0 Å². The van der Waals surface area contributed by atoms with Gasteiger partial charge in [0.25, 0.3) is 0 Å². The lowest BCUT2D eigenvalue weighted by molar-refractivity contribution is 0.205. The molecule has 5 nitrogen and oxygen atoms in total. The van der Waals surface area contributed by atoms with Gasteiger partial charge in [0, 0.05) is 29.6 Å². The van der Waals surface area contributed by atoms with Crippen LogP contribution in [0.3, 0.4) is 0 Å². The number of aromatic nitrogens is 1. The lowest BCUT2D eigenvalue weighted by atomic mass is 9.96. The van der Waals surface area contributed by atoms with E-state index in [2.05, 4.69) is 22.6 Å². The molecular formula is C18H22ClN3O2. The number of carbonyl (C=O) groups excluding carboxylic acids is 1. The number of rotatable bonds is 5. The zero-order chi connectivity index (χ0) is 17.3. The topological polar surface area (TPSA) is 58.4 Å². The molecule has 2 aromatic rings. The molecule has 0 unspecified atom stereocenters. The van der Waals surface area contributed by atoms with Crippen LogP contribution in [-0.4, -0.2) is 29.7 Å². The van der Waals surface area contributed by atoms with Crippen LogP contribution in [0, 0.1) is 13.8 Å². The maximum absolute atomic E-state index is 12.4. The largest absolute Gasteiger partial charge is 0.361 e. The predicted octanol–water partition coefficient (Wildman–Crippen LogP) is 3.82. The van der Waals surface area contributed by atoms with Crippen LogP contribution in [-0.2, 0) is 12.0 Å².